The molecule has 2 atom stereocenters. The Kier molecular flexibility index (Phi) is 5.29. The minimum atomic E-state index is -2.17. The molecule has 2 unspecified atom stereocenters. The molecule has 3 N–H and O–H groups in total. The predicted molar refractivity (Wildman–Crippen MR) is 60.8 cm³/mol. The summed E-state index contributed by atoms with van der Waals surface area (Å²) >= 11 is 0. The number of carboxylic acid groups (broad SMARTS) is 1. The standard InChI is InChI=1S/C12H14O6/c13-9(11(15)16)10(14)12(17)18-7-6-8-4-2-1-3-5-8/h1-5,9-10,13-14H,6-7H2,(H,15,16). The number of ether oxygens (including phenoxy) is 1. The number of carbonyl (C=O) groups is 2. The smallest absolute Gasteiger partial charge is 0.338 e. The van der Waals surface area contributed by atoms with Crippen molar-refractivity contribution in [2.45, 2.75) is 18.6 Å². The van der Waals surface area contributed by atoms with Crippen LogP contribution in [0.15, 0.2) is 30.3 Å². The lowest BCUT2D eigenvalue weighted by atomic mass is 10.2. The van der Waals surface area contributed by atoms with E-state index in [0.29, 0.717) is 6.42 Å². The average Bonchev–Trinajstić information content (AvgIpc) is 2.38. The summed E-state index contributed by atoms with van der Waals surface area (Å²) in [7, 11) is 0. The van der Waals surface area contributed by atoms with Gasteiger partial charge in [-0.2, -0.15) is 0 Å². The van der Waals surface area contributed by atoms with Crippen molar-refractivity contribution in [1.29, 1.82) is 0 Å². The SMILES string of the molecule is O=C(O)C(O)C(O)C(=O)OCCc1ccccc1. The maximum Gasteiger partial charge on any atom is 0.338 e. The van der Waals surface area contributed by atoms with Crippen LogP contribution in [0.3, 0.4) is 0 Å². The van der Waals surface area contributed by atoms with E-state index >= 15 is 0 Å². The van der Waals surface area contributed by atoms with Crippen molar-refractivity contribution in [2.75, 3.05) is 6.61 Å². The molecule has 0 bridgehead atoms. The zero-order chi connectivity index (χ0) is 13.5. The van der Waals surface area contributed by atoms with Gasteiger partial charge in [0.25, 0.3) is 0 Å². The fourth-order valence-corrected chi connectivity index (χ4v) is 1.26. The number of benzene rings is 1. The summed E-state index contributed by atoms with van der Waals surface area (Å²) in [6.45, 7) is 0.00620. The topological polar surface area (TPSA) is 104 Å². The molecule has 0 aliphatic heterocycles. The van der Waals surface area contributed by atoms with Crippen molar-refractivity contribution in [2.24, 2.45) is 0 Å². The summed E-state index contributed by atoms with van der Waals surface area (Å²) in [5.74, 6) is -2.83. The number of hydrogen-bond donors (Lipinski definition) is 3. The molecule has 0 saturated carbocycles. The molecule has 1 aromatic rings. The Morgan fingerprint density at radius 1 is 1.11 bits per heavy atom. The summed E-state index contributed by atoms with van der Waals surface area (Å²) in [6.07, 6.45) is -3.80. The normalized spacial score (nSPS) is 13.7. The first-order valence-corrected chi connectivity index (χ1v) is 5.32. The molecular formula is C12H14O6. The van der Waals surface area contributed by atoms with Crippen LogP contribution >= 0.6 is 0 Å². The fraction of sp³-hybridized carbons (Fsp3) is 0.333. The molecule has 0 heterocycles. The number of aliphatic hydroxyl groups excluding tert-OH is 2. The molecule has 1 rings (SSSR count). The summed E-state index contributed by atoms with van der Waals surface area (Å²) < 4.78 is 4.67. The van der Waals surface area contributed by atoms with Crippen LogP contribution in [-0.2, 0) is 20.7 Å². The molecule has 18 heavy (non-hydrogen) atoms. The van der Waals surface area contributed by atoms with E-state index in [2.05, 4.69) is 4.74 Å². The minimum absolute atomic E-state index is 0.00620. The first-order chi connectivity index (χ1) is 8.52. The van der Waals surface area contributed by atoms with Crippen LogP contribution in [0.5, 0.6) is 0 Å². The van der Waals surface area contributed by atoms with Gasteiger partial charge in [0.2, 0.25) is 0 Å². The summed E-state index contributed by atoms with van der Waals surface area (Å²) in [5, 5.41) is 26.5. The van der Waals surface area contributed by atoms with Gasteiger partial charge in [0.15, 0.2) is 12.2 Å². The predicted octanol–water partition coefficient (Wildman–Crippen LogP) is -0.421. The summed E-state index contributed by atoms with van der Waals surface area (Å²) in [5.41, 5.74) is 0.943. The molecule has 6 nitrogen and oxygen atoms in total. The molecule has 1 aromatic carbocycles. The van der Waals surface area contributed by atoms with Crippen LogP contribution in [0.2, 0.25) is 0 Å². The third kappa shape index (κ3) is 4.15. The highest BCUT2D eigenvalue weighted by atomic mass is 16.5. The van der Waals surface area contributed by atoms with Crippen molar-refractivity contribution in [3.63, 3.8) is 0 Å². The van der Waals surface area contributed by atoms with Crippen LogP contribution in [0, 0.1) is 0 Å². The van der Waals surface area contributed by atoms with Gasteiger partial charge in [0.05, 0.1) is 6.61 Å². The Bertz CT molecular complexity index is 402. The van der Waals surface area contributed by atoms with Crippen molar-refractivity contribution in [1.82, 2.24) is 0 Å². The van der Waals surface area contributed by atoms with E-state index in [1.807, 2.05) is 30.3 Å². The Hall–Kier alpha value is -1.92. The molecule has 0 aliphatic rings. The second-order valence-corrected chi connectivity index (χ2v) is 3.63. The molecule has 0 amide bonds. The largest absolute Gasteiger partial charge is 0.479 e. The lowest BCUT2D eigenvalue weighted by Gasteiger charge is -2.13. The van der Waals surface area contributed by atoms with E-state index in [0.717, 1.165) is 5.56 Å². The van der Waals surface area contributed by atoms with Crippen LogP contribution in [0.1, 0.15) is 5.56 Å². The van der Waals surface area contributed by atoms with Gasteiger partial charge in [-0.3, -0.25) is 0 Å². The fourth-order valence-electron chi connectivity index (χ4n) is 1.26. The third-order valence-corrected chi connectivity index (χ3v) is 2.27. The van der Waals surface area contributed by atoms with Crippen molar-refractivity contribution >= 4 is 11.9 Å². The number of hydrogen-bond acceptors (Lipinski definition) is 5. The van der Waals surface area contributed by atoms with E-state index in [-0.39, 0.29) is 6.61 Å². The highest BCUT2D eigenvalue weighted by Gasteiger charge is 2.31. The Labute approximate surface area is 103 Å². The Balaban J connectivity index is 2.35. The third-order valence-electron chi connectivity index (χ3n) is 2.27. The first-order valence-electron chi connectivity index (χ1n) is 5.32. The van der Waals surface area contributed by atoms with Crippen LogP contribution in [0.25, 0.3) is 0 Å². The second kappa shape index (κ2) is 6.73. The zero-order valence-corrected chi connectivity index (χ0v) is 9.52. The number of aliphatic carboxylic acids is 1. The van der Waals surface area contributed by atoms with Gasteiger partial charge in [0, 0.05) is 6.42 Å². The molecule has 0 aromatic heterocycles. The van der Waals surface area contributed by atoms with E-state index in [4.69, 9.17) is 15.3 Å². The summed E-state index contributed by atoms with van der Waals surface area (Å²) in [6, 6.07) is 9.20. The van der Waals surface area contributed by atoms with Crippen LogP contribution in [-0.4, -0.2) is 46.1 Å². The van der Waals surface area contributed by atoms with Gasteiger partial charge in [-0.25, -0.2) is 9.59 Å². The minimum Gasteiger partial charge on any atom is -0.479 e. The van der Waals surface area contributed by atoms with Crippen molar-refractivity contribution < 1.29 is 29.6 Å². The van der Waals surface area contributed by atoms with Crippen molar-refractivity contribution in [3.05, 3.63) is 35.9 Å². The first kappa shape index (κ1) is 14.1. The van der Waals surface area contributed by atoms with Crippen LogP contribution < -0.4 is 0 Å². The second-order valence-electron chi connectivity index (χ2n) is 3.63. The monoisotopic (exact) mass is 254 g/mol. The maximum absolute atomic E-state index is 11.2. The maximum atomic E-state index is 11.2. The van der Waals surface area contributed by atoms with E-state index in [1.165, 1.54) is 0 Å². The van der Waals surface area contributed by atoms with Gasteiger partial charge < -0.3 is 20.1 Å². The number of carboxylic acids is 1. The average molecular weight is 254 g/mol. The van der Waals surface area contributed by atoms with Gasteiger partial charge in [-0.1, -0.05) is 30.3 Å². The molecule has 0 fully saturated rings. The van der Waals surface area contributed by atoms with E-state index in [9.17, 15) is 9.59 Å². The molecule has 98 valence electrons. The number of rotatable bonds is 6. The lowest BCUT2D eigenvalue weighted by molar-refractivity contribution is -0.169. The van der Waals surface area contributed by atoms with Crippen molar-refractivity contribution in [3.8, 4) is 0 Å². The van der Waals surface area contributed by atoms with Crippen LogP contribution in [0.4, 0.5) is 0 Å². The molecule has 0 spiro atoms. The Morgan fingerprint density at radius 2 is 1.72 bits per heavy atom. The lowest BCUT2D eigenvalue weighted by Crippen LogP contribution is -2.40. The number of aliphatic hydroxyl groups is 2. The van der Waals surface area contributed by atoms with Gasteiger partial charge in [-0.15, -0.1) is 0 Å². The highest BCUT2D eigenvalue weighted by molar-refractivity contribution is 5.84. The van der Waals surface area contributed by atoms with Gasteiger partial charge >= 0.3 is 11.9 Å². The Morgan fingerprint density at radius 3 is 2.28 bits per heavy atom. The number of carbonyl (C=O) groups excluding carboxylic acids is 1. The van der Waals surface area contributed by atoms with E-state index < -0.39 is 24.1 Å². The molecule has 0 aliphatic carbocycles. The molecule has 0 radical (unpaired) electrons. The van der Waals surface area contributed by atoms with Gasteiger partial charge in [-0.05, 0) is 5.56 Å². The quantitative estimate of drug-likeness (QED) is 0.595. The molecule has 6 heteroatoms. The van der Waals surface area contributed by atoms with Gasteiger partial charge in [0.1, 0.15) is 0 Å². The van der Waals surface area contributed by atoms with E-state index in [1.54, 1.807) is 0 Å². The number of esters is 1. The summed E-state index contributed by atoms with van der Waals surface area (Å²) in [4.78, 5) is 21.5. The zero-order valence-electron chi connectivity index (χ0n) is 9.52. The molecule has 0 saturated heterocycles. The molecular weight excluding hydrogens is 240 g/mol. The highest BCUT2D eigenvalue weighted by Crippen LogP contribution is 2.02.